The molecule has 0 spiro atoms. The summed E-state index contributed by atoms with van der Waals surface area (Å²) in [5.74, 6) is 0. The van der Waals surface area contributed by atoms with Gasteiger partial charge in [0, 0.05) is 31.8 Å². The van der Waals surface area contributed by atoms with Gasteiger partial charge in [-0.3, -0.25) is 0 Å². The molecular formula is C12H28ClNO3Si. The van der Waals surface area contributed by atoms with E-state index in [1.165, 1.54) is 0 Å². The van der Waals surface area contributed by atoms with E-state index in [1.807, 2.05) is 0 Å². The van der Waals surface area contributed by atoms with E-state index < -0.39 is 8.80 Å². The van der Waals surface area contributed by atoms with E-state index in [9.17, 15) is 0 Å². The molecule has 0 N–H and O–H groups in total. The van der Waals surface area contributed by atoms with Gasteiger partial charge in [0.2, 0.25) is 0 Å². The lowest BCUT2D eigenvalue weighted by Crippen LogP contribution is -3.00. The first-order valence-electron chi connectivity index (χ1n) is 6.47. The maximum atomic E-state index is 6.00. The van der Waals surface area contributed by atoms with Gasteiger partial charge in [-0.2, -0.15) is 0 Å². The highest BCUT2D eigenvalue weighted by Gasteiger charge is 2.46. The van der Waals surface area contributed by atoms with Gasteiger partial charge in [0.15, 0.2) is 0 Å². The zero-order valence-corrected chi connectivity index (χ0v) is 14.3. The van der Waals surface area contributed by atoms with E-state index in [1.54, 1.807) is 7.11 Å². The molecule has 0 aromatic rings. The smallest absolute Gasteiger partial charge is 0.501 e. The molecule has 0 saturated carbocycles. The number of rotatable bonds is 5. The van der Waals surface area contributed by atoms with Crippen LogP contribution in [0.1, 0.15) is 26.7 Å². The van der Waals surface area contributed by atoms with Crippen molar-refractivity contribution >= 4 is 8.80 Å². The van der Waals surface area contributed by atoms with Crippen LogP contribution in [0.4, 0.5) is 0 Å². The van der Waals surface area contributed by atoms with Crippen LogP contribution in [0.3, 0.4) is 0 Å². The molecule has 1 saturated heterocycles. The lowest BCUT2D eigenvalue weighted by Gasteiger charge is -2.39. The highest BCUT2D eigenvalue weighted by atomic mass is 35.5. The molecule has 1 heterocycles. The highest BCUT2D eigenvalue weighted by Crippen LogP contribution is 2.28. The predicted octanol–water partition coefficient (Wildman–Crippen LogP) is -1.11. The fraction of sp³-hybridized carbons (Fsp3) is 1.00. The van der Waals surface area contributed by atoms with Crippen LogP contribution in [0.25, 0.3) is 0 Å². The minimum absolute atomic E-state index is 0. The van der Waals surface area contributed by atoms with Crippen molar-refractivity contribution in [3.63, 3.8) is 0 Å². The number of nitrogens with zero attached hydrogens (tertiary/aromatic N) is 1. The van der Waals surface area contributed by atoms with Gasteiger partial charge < -0.3 is 30.2 Å². The molecule has 1 fully saturated rings. The summed E-state index contributed by atoms with van der Waals surface area (Å²) in [5, 5.41) is 0. The molecule has 1 rings (SSSR count). The first kappa shape index (κ1) is 18.3. The molecule has 110 valence electrons. The summed E-state index contributed by atoms with van der Waals surface area (Å²) in [5.41, 5.74) is 0. The third-order valence-corrected chi connectivity index (χ3v) is 6.16. The van der Waals surface area contributed by atoms with Crippen LogP contribution in [-0.4, -0.2) is 60.3 Å². The molecular weight excluding hydrogens is 270 g/mol. The standard InChI is InChI=1S/C12H28NO3Si.ClH/c1-11-10-12(2)16-17(14-6,15-11)9-7-8-13(3,4)5;/h11-12H,7-10H2,1-6H3;1H/q+1;/p-1/t11-,12+,17?;. The van der Waals surface area contributed by atoms with E-state index in [2.05, 4.69) is 35.0 Å². The molecule has 0 aliphatic carbocycles. The summed E-state index contributed by atoms with van der Waals surface area (Å²) in [6, 6.07) is 0.924. The number of hydrogen-bond acceptors (Lipinski definition) is 3. The second-order valence-corrected chi connectivity index (χ2v) is 8.84. The van der Waals surface area contributed by atoms with Crippen LogP contribution in [-0.2, 0) is 13.3 Å². The van der Waals surface area contributed by atoms with E-state index in [0.717, 1.165) is 29.9 Å². The van der Waals surface area contributed by atoms with Gasteiger partial charge in [-0.1, -0.05) is 0 Å². The Labute approximate surface area is 119 Å². The van der Waals surface area contributed by atoms with Crippen molar-refractivity contribution in [1.29, 1.82) is 0 Å². The van der Waals surface area contributed by atoms with Crippen molar-refractivity contribution in [2.24, 2.45) is 0 Å². The number of halogens is 1. The molecule has 1 aliphatic heterocycles. The van der Waals surface area contributed by atoms with E-state index in [-0.39, 0.29) is 24.6 Å². The lowest BCUT2D eigenvalue weighted by atomic mass is 10.2. The Balaban J connectivity index is 0.00000289. The van der Waals surface area contributed by atoms with Crippen LogP contribution in [0.15, 0.2) is 0 Å². The minimum Gasteiger partial charge on any atom is -1.00 e. The van der Waals surface area contributed by atoms with Gasteiger partial charge in [0.05, 0.1) is 27.7 Å². The molecule has 18 heavy (non-hydrogen) atoms. The largest absolute Gasteiger partial charge is 1.00 e. The second kappa shape index (κ2) is 7.22. The Hall–Kier alpha value is 0.347. The summed E-state index contributed by atoms with van der Waals surface area (Å²) in [6.45, 7) is 5.34. The minimum atomic E-state index is -2.39. The first-order valence-corrected chi connectivity index (χ1v) is 8.41. The van der Waals surface area contributed by atoms with Gasteiger partial charge in [-0.25, -0.2) is 0 Å². The van der Waals surface area contributed by atoms with Crippen molar-refractivity contribution in [2.75, 3.05) is 34.8 Å². The van der Waals surface area contributed by atoms with E-state index in [0.29, 0.717) is 0 Å². The summed E-state index contributed by atoms with van der Waals surface area (Å²) >= 11 is 0. The van der Waals surface area contributed by atoms with Crippen LogP contribution in [0.5, 0.6) is 0 Å². The van der Waals surface area contributed by atoms with Gasteiger partial charge in [0.25, 0.3) is 0 Å². The molecule has 1 aliphatic rings. The molecule has 0 amide bonds. The van der Waals surface area contributed by atoms with Crippen molar-refractivity contribution in [3.8, 4) is 0 Å². The fourth-order valence-electron chi connectivity index (χ4n) is 2.29. The average molecular weight is 298 g/mol. The monoisotopic (exact) mass is 297 g/mol. The van der Waals surface area contributed by atoms with Crippen molar-refractivity contribution < 1.29 is 30.2 Å². The fourth-order valence-corrected chi connectivity index (χ4v) is 4.99. The van der Waals surface area contributed by atoms with Crippen LogP contribution in [0.2, 0.25) is 6.04 Å². The Bertz CT molecular complexity index is 238. The quantitative estimate of drug-likeness (QED) is 0.476. The normalized spacial score (nSPS) is 33.0. The Kier molecular flexibility index (Phi) is 7.35. The van der Waals surface area contributed by atoms with Gasteiger partial charge in [0.1, 0.15) is 0 Å². The number of hydrogen-bond donors (Lipinski definition) is 0. The van der Waals surface area contributed by atoms with Crippen LogP contribution in [0, 0.1) is 0 Å². The summed E-state index contributed by atoms with van der Waals surface area (Å²) in [6.07, 6.45) is 2.57. The van der Waals surface area contributed by atoms with Gasteiger partial charge >= 0.3 is 8.80 Å². The molecule has 0 aromatic heterocycles. The third kappa shape index (κ3) is 5.99. The molecule has 0 bridgehead atoms. The molecule has 3 atom stereocenters. The average Bonchev–Trinajstić information content (AvgIpc) is 2.14. The molecule has 6 heteroatoms. The predicted molar refractivity (Wildman–Crippen MR) is 70.8 cm³/mol. The van der Waals surface area contributed by atoms with Crippen LogP contribution < -0.4 is 12.4 Å². The molecule has 4 nitrogen and oxygen atoms in total. The van der Waals surface area contributed by atoms with Gasteiger partial charge in [-0.15, -0.1) is 0 Å². The Morgan fingerprint density at radius 3 is 2.06 bits per heavy atom. The second-order valence-electron chi connectivity index (χ2n) is 6.10. The zero-order valence-electron chi connectivity index (χ0n) is 12.5. The van der Waals surface area contributed by atoms with E-state index >= 15 is 0 Å². The summed E-state index contributed by atoms with van der Waals surface area (Å²) in [4.78, 5) is 0. The van der Waals surface area contributed by atoms with Gasteiger partial charge in [-0.05, 0) is 20.3 Å². The maximum Gasteiger partial charge on any atom is 0.501 e. The van der Waals surface area contributed by atoms with E-state index in [4.69, 9.17) is 13.3 Å². The lowest BCUT2D eigenvalue weighted by molar-refractivity contribution is -0.870. The molecule has 0 radical (unpaired) electrons. The molecule has 0 aromatic carbocycles. The van der Waals surface area contributed by atoms with Crippen LogP contribution >= 0.6 is 0 Å². The van der Waals surface area contributed by atoms with Crippen molar-refractivity contribution in [3.05, 3.63) is 0 Å². The third-order valence-electron chi connectivity index (χ3n) is 3.05. The highest BCUT2D eigenvalue weighted by molar-refractivity contribution is 6.60. The Morgan fingerprint density at radius 2 is 1.67 bits per heavy atom. The topological polar surface area (TPSA) is 27.7 Å². The maximum absolute atomic E-state index is 6.00. The SMILES string of the molecule is CO[Si]1(CCC[N+](C)(C)C)O[C@H](C)C[C@H](C)O1.[Cl-]. The zero-order chi connectivity index (χ0) is 13.1. The number of quaternary nitrogens is 1. The van der Waals surface area contributed by atoms with Crippen molar-refractivity contribution in [1.82, 2.24) is 0 Å². The summed E-state index contributed by atoms with van der Waals surface area (Å²) in [7, 11) is 5.94. The molecule has 1 unspecified atom stereocenters. The Morgan fingerprint density at radius 1 is 1.17 bits per heavy atom. The summed E-state index contributed by atoms with van der Waals surface area (Å²) < 4.78 is 18.6. The first-order chi connectivity index (χ1) is 7.76. The van der Waals surface area contributed by atoms with Crippen molar-refractivity contribution in [2.45, 2.75) is 44.9 Å².